The molecule has 8 rings (SSSR count). The number of benzene rings is 2. The van der Waals surface area contributed by atoms with Crippen molar-refractivity contribution in [2.75, 3.05) is 56.6 Å². The predicted molar refractivity (Wildman–Crippen MR) is 179 cm³/mol. The molecule has 250 valence electrons. The Morgan fingerprint density at radius 1 is 0.980 bits per heavy atom. The van der Waals surface area contributed by atoms with Crippen LogP contribution in [0.25, 0.3) is 28.3 Å². The summed E-state index contributed by atoms with van der Waals surface area (Å²) >= 11 is 0. The first kappa shape index (κ1) is 30.5. The SMILES string of the molecule is CC(C(=O)N1CCN(c2ccc(C(=O)NCC3(O)COC3)cc2)CC1)(c1ccccc1)n1ncc2c1nc(N)n1nc(-c3ccco3)nc21. The molecule has 6 heterocycles. The van der Waals surface area contributed by atoms with Gasteiger partial charge in [0.15, 0.2) is 22.6 Å². The van der Waals surface area contributed by atoms with Gasteiger partial charge in [0.2, 0.25) is 11.8 Å². The Morgan fingerprint density at radius 3 is 2.41 bits per heavy atom. The smallest absolute Gasteiger partial charge is 0.255 e. The zero-order valence-corrected chi connectivity index (χ0v) is 26.7. The highest BCUT2D eigenvalue weighted by atomic mass is 16.5. The molecule has 15 nitrogen and oxygen atoms in total. The first-order valence-corrected chi connectivity index (χ1v) is 16.0. The van der Waals surface area contributed by atoms with Crippen LogP contribution in [0.3, 0.4) is 0 Å². The second-order valence-corrected chi connectivity index (χ2v) is 12.6. The van der Waals surface area contributed by atoms with Gasteiger partial charge in [0.05, 0.1) is 37.6 Å². The minimum absolute atomic E-state index is 0.0970. The topological polar surface area (TPSA) is 182 Å². The zero-order chi connectivity index (χ0) is 33.8. The van der Waals surface area contributed by atoms with Crippen molar-refractivity contribution in [3.63, 3.8) is 0 Å². The maximum atomic E-state index is 14.7. The Balaban J connectivity index is 1.04. The fraction of sp³-hybridized carbons (Fsp3) is 0.294. The minimum atomic E-state index is -1.26. The fourth-order valence-corrected chi connectivity index (χ4v) is 6.43. The molecule has 2 fully saturated rings. The number of nitrogens with two attached hydrogens (primary N) is 1. The van der Waals surface area contributed by atoms with Crippen molar-refractivity contribution in [3.05, 3.63) is 90.3 Å². The molecule has 0 bridgehead atoms. The van der Waals surface area contributed by atoms with Crippen LogP contribution in [0, 0.1) is 0 Å². The van der Waals surface area contributed by atoms with Gasteiger partial charge in [-0.05, 0) is 48.9 Å². The normalized spacial score (nSPS) is 17.2. The van der Waals surface area contributed by atoms with Crippen LogP contribution in [0.4, 0.5) is 11.6 Å². The van der Waals surface area contributed by atoms with Gasteiger partial charge in [0.1, 0.15) is 5.60 Å². The number of aliphatic hydroxyl groups is 1. The van der Waals surface area contributed by atoms with Gasteiger partial charge in [0, 0.05) is 37.4 Å². The van der Waals surface area contributed by atoms with Crippen LogP contribution in [-0.2, 0) is 15.1 Å². The van der Waals surface area contributed by atoms with Crippen LogP contribution in [0.15, 0.2) is 83.6 Å². The average Bonchev–Trinajstić information content (AvgIpc) is 3.90. The number of carbonyl (C=O) groups excluding carboxylic acids is 2. The van der Waals surface area contributed by atoms with Crippen LogP contribution in [0.1, 0.15) is 22.8 Å². The number of nitrogens with zero attached hydrogens (tertiary/aromatic N) is 8. The summed E-state index contributed by atoms with van der Waals surface area (Å²) in [6.45, 7) is 4.56. The van der Waals surface area contributed by atoms with E-state index in [1.54, 1.807) is 41.4 Å². The summed E-state index contributed by atoms with van der Waals surface area (Å²) < 4.78 is 13.6. The average molecular weight is 663 g/mol. The minimum Gasteiger partial charge on any atom is -0.461 e. The molecule has 0 saturated carbocycles. The van der Waals surface area contributed by atoms with Gasteiger partial charge in [-0.3, -0.25) is 9.59 Å². The molecule has 2 amide bonds. The highest BCUT2D eigenvalue weighted by molar-refractivity contribution is 5.95. The summed E-state index contributed by atoms with van der Waals surface area (Å²) in [7, 11) is 0. The van der Waals surface area contributed by atoms with E-state index < -0.39 is 11.1 Å². The van der Waals surface area contributed by atoms with E-state index in [-0.39, 0.29) is 37.5 Å². The van der Waals surface area contributed by atoms with Crippen molar-refractivity contribution in [3.8, 4) is 11.6 Å². The molecule has 0 aliphatic carbocycles. The number of furan rings is 1. The van der Waals surface area contributed by atoms with Gasteiger partial charge in [0.25, 0.3) is 11.8 Å². The molecule has 49 heavy (non-hydrogen) atoms. The van der Waals surface area contributed by atoms with E-state index in [0.29, 0.717) is 60.0 Å². The van der Waals surface area contributed by atoms with E-state index in [9.17, 15) is 14.7 Å². The summed E-state index contributed by atoms with van der Waals surface area (Å²) in [4.78, 5) is 40.6. The maximum Gasteiger partial charge on any atom is 0.255 e. The number of nitrogen functional groups attached to an aromatic ring is 1. The Morgan fingerprint density at radius 2 is 1.73 bits per heavy atom. The van der Waals surface area contributed by atoms with Gasteiger partial charge in [-0.1, -0.05) is 30.3 Å². The Labute approximate surface area is 279 Å². The first-order valence-electron chi connectivity index (χ1n) is 16.0. The molecule has 15 heteroatoms. The van der Waals surface area contributed by atoms with E-state index in [1.807, 2.05) is 54.3 Å². The van der Waals surface area contributed by atoms with E-state index >= 15 is 0 Å². The van der Waals surface area contributed by atoms with E-state index in [0.717, 1.165) is 11.3 Å². The molecule has 2 aliphatic rings. The van der Waals surface area contributed by atoms with E-state index in [2.05, 4.69) is 25.3 Å². The molecule has 0 radical (unpaired) electrons. The number of nitrogens with one attached hydrogen (secondary N) is 1. The van der Waals surface area contributed by atoms with Gasteiger partial charge < -0.3 is 35.1 Å². The Kier molecular flexibility index (Phi) is 7.30. The lowest BCUT2D eigenvalue weighted by Gasteiger charge is -2.41. The highest BCUT2D eigenvalue weighted by Crippen LogP contribution is 2.33. The number of anilines is 2. The molecule has 2 aliphatic heterocycles. The lowest BCUT2D eigenvalue weighted by molar-refractivity contribution is -0.173. The fourth-order valence-electron chi connectivity index (χ4n) is 6.43. The molecular formula is C34H34N10O5. The van der Waals surface area contributed by atoms with Gasteiger partial charge in [-0.2, -0.15) is 14.6 Å². The maximum absolute atomic E-state index is 14.7. The van der Waals surface area contributed by atoms with Gasteiger partial charge in [-0.15, -0.1) is 5.10 Å². The number of carbonyl (C=O) groups is 2. The number of aromatic nitrogens is 6. The summed E-state index contributed by atoms with van der Waals surface area (Å²) in [5.41, 5.74) is 7.19. The van der Waals surface area contributed by atoms with Crippen LogP contribution in [0.5, 0.6) is 0 Å². The largest absolute Gasteiger partial charge is 0.461 e. The van der Waals surface area contributed by atoms with Crippen molar-refractivity contribution in [2.24, 2.45) is 0 Å². The summed E-state index contributed by atoms with van der Waals surface area (Å²) in [6.07, 6.45) is 3.18. The number of rotatable bonds is 8. The number of ether oxygens (including phenoxy) is 1. The Hall–Kier alpha value is -5.80. The van der Waals surface area contributed by atoms with E-state index in [4.69, 9.17) is 20.0 Å². The van der Waals surface area contributed by atoms with Gasteiger partial charge >= 0.3 is 0 Å². The molecule has 2 saturated heterocycles. The zero-order valence-electron chi connectivity index (χ0n) is 26.7. The third kappa shape index (κ3) is 5.23. The lowest BCUT2D eigenvalue weighted by Crippen LogP contribution is -2.57. The van der Waals surface area contributed by atoms with Crippen LogP contribution in [-0.4, -0.2) is 103 Å². The highest BCUT2D eigenvalue weighted by Gasteiger charge is 2.43. The molecule has 2 aromatic carbocycles. The standard InChI is InChI=1S/C34H34N10O5/c1-33(23-6-3-2-4-7-23,44-29-25(18-37-44)28-38-27(26-8-5-17-49-26)40-43(28)32(35)39-29)31(46)42-15-13-41(14-16-42)24-11-9-22(10-12-24)30(45)36-19-34(47)20-48-21-34/h2-12,17-18,47H,13-16,19-21H2,1H3,(H2,35,39)(H,36,45). The predicted octanol–water partition coefficient (Wildman–Crippen LogP) is 1.92. The quantitative estimate of drug-likeness (QED) is 0.217. The van der Waals surface area contributed by atoms with Crippen LogP contribution in [0.2, 0.25) is 0 Å². The third-order valence-corrected chi connectivity index (χ3v) is 9.33. The summed E-state index contributed by atoms with van der Waals surface area (Å²) in [5, 5.41) is 22.7. The van der Waals surface area contributed by atoms with E-state index in [1.165, 1.54) is 4.52 Å². The number of hydrogen-bond acceptors (Lipinski definition) is 11. The first-order chi connectivity index (χ1) is 23.7. The molecule has 6 aromatic rings. The molecule has 4 aromatic heterocycles. The van der Waals surface area contributed by atoms with Gasteiger partial charge in [-0.25, -0.2) is 9.67 Å². The number of amides is 2. The monoisotopic (exact) mass is 662 g/mol. The molecular weight excluding hydrogens is 628 g/mol. The second-order valence-electron chi connectivity index (χ2n) is 12.6. The van der Waals surface area contributed by atoms with Crippen molar-refractivity contribution in [2.45, 2.75) is 18.1 Å². The van der Waals surface area contributed by atoms with Crippen molar-refractivity contribution in [1.29, 1.82) is 0 Å². The molecule has 1 unspecified atom stereocenters. The second kappa shape index (κ2) is 11.7. The molecule has 1 atom stereocenters. The summed E-state index contributed by atoms with van der Waals surface area (Å²) in [6, 6.07) is 20.4. The summed E-state index contributed by atoms with van der Waals surface area (Å²) in [5.74, 6) is 0.555. The van der Waals surface area contributed by atoms with Crippen LogP contribution < -0.4 is 16.0 Å². The number of piperazine rings is 1. The Bertz CT molecular complexity index is 2150. The number of hydrogen-bond donors (Lipinski definition) is 3. The third-order valence-electron chi connectivity index (χ3n) is 9.33. The number of fused-ring (bicyclic) bond motifs is 3. The van der Waals surface area contributed by atoms with Crippen molar-refractivity contribution >= 4 is 40.1 Å². The molecule has 4 N–H and O–H groups in total. The molecule has 0 spiro atoms. The van der Waals surface area contributed by atoms with Crippen molar-refractivity contribution in [1.82, 2.24) is 39.6 Å². The van der Waals surface area contributed by atoms with Crippen LogP contribution >= 0.6 is 0 Å². The van der Waals surface area contributed by atoms with Crippen molar-refractivity contribution < 1.29 is 23.8 Å². The lowest BCUT2D eigenvalue weighted by atomic mass is 9.90.